The van der Waals surface area contributed by atoms with Crippen molar-refractivity contribution in [2.45, 2.75) is 49.8 Å². The number of aromatic nitrogens is 2. The molecule has 1 spiro atoms. The van der Waals surface area contributed by atoms with E-state index >= 15 is 0 Å². The summed E-state index contributed by atoms with van der Waals surface area (Å²) in [4.78, 5) is 7.10. The van der Waals surface area contributed by atoms with Gasteiger partial charge in [-0.15, -0.1) is 0 Å². The van der Waals surface area contributed by atoms with Crippen LogP contribution in [0.4, 0.5) is 0 Å². The van der Waals surface area contributed by atoms with Crippen molar-refractivity contribution in [1.82, 2.24) is 14.5 Å². The summed E-state index contributed by atoms with van der Waals surface area (Å²) in [7, 11) is 0. The summed E-state index contributed by atoms with van der Waals surface area (Å²) in [6, 6.07) is 9.13. The lowest BCUT2D eigenvalue weighted by atomic mass is 9.81. The van der Waals surface area contributed by atoms with Gasteiger partial charge in [0.25, 0.3) is 0 Å². The SMILES string of the molecule is OC1CC2(CCN(C3CCc4nccn4C3)C2)c2ccccc21. The van der Waals surface area contributed by atoms with E-state index in [1.807, 2.05) is 6.20 Å². The molecule has 1 saturated heterocycles. The Morgan fingerprint density at radius 1 is 1.26 bits per heavy atom. The second-order valence-electron chi connectivity index (χ2n) is 7.50. The lowest BCUT2D eigenvalue weighted by Gasteiger charge is -2.33. The van der Waals surface area contributed by atoms with Crippen molar-refractivity contribution in [3.63, 3.8) is 0 Å². The van der Waals surface area contributed by atoms with Gasteiger partial charge in [-0.05, 0) is 36.9 Å². The second-order valence-corrected chi connectivity index (χ2v) is 7.50. The van der Waals surface area contributed by atoms with Crippen molar-refractivity contribution in [2.75, 3.05) is 13.1 Å². The molecule has 1 aromatic carbocycles. The van der Waals surface area contributed by atoms with E-state index in [0.717, 1.165) is 38.0 Å². The Kier molecular flexibility index (Phi) is 2.94. The molecule has 0 saturated carbocycles. The molecule has 1 aromatic heterocycles. The van der Waals surface area contributed by atoms with Crippen LogP contribution in [-0.4, -0.2) is 38.7 Å². The normalized spacial score (nSPS) is 33.1. The van der Waals surface area contributed by atoms with Crippen LogP contribution in [0.2, 0.25) is 0 Å². The summed E-state index contributed by atoms with van der Waals surface area (Å²) in [5.74, 6) is 1.23. The van der Waals surface area contributed by atoms with Gasteiger partial charge in [-0.1, -0.05) is 24.3 Å². The summed E-state index contributed by atoms with van der Waals surface area (Å²) in [6.45, 7) is 3.31. The smallest absolute Gasteiger partial charge is 0.108 e. The summed E-state index contributed by atoms with van der Waals surface area (Å²) >= 11 is 0. The summed E-state index contributed by atoms with van der Waals surface area (Å²) in [5.41, 5.74) is 2.73. The first-order valence-corrected chi connectivity index (χ1v) is 8.77. The molecule has 5 rings (SSSR count). The van der Waals surface area contributed by atoms with Crippen LogP contribution in [0.5, 0.6) is 0 Å². The molecule has 0 bridgehead atoms. The van der Waals surface area contributed by atoms with E-state index in [2.05, 4.69) is 44.9 Å². The third-order valence-corrected chi connectivity index (χ3v) is 6.29. The van der Waals surface area contributed by atoms with Gasteiger partial charge in [0.15, 0.2) is 0 Å². The number of hydrogen-bond acceptors (Lipinski definition) is 3. The predicted molar refractivity (Wildman–Crippen MR) is 88.2 cm³/mol. The first kappa shape index (κ1) is 13.8. The van der Waals surface area contributed by atoms with Crippen LogP contribution in [-0.2, 0) is 18.4 Å². The minimum Gasteiger partial charge on any atom is -0.388 e. The molecule has 2 aliphatic heterocycles. The zero-order chi connectivity index (χ0) is 15.4. The van der Waals surface area contributed by atoms with Crippen LogP contribution >= 0.6 is 0 Å². The Hall–Kier alpha value is -1.65. The number of aliphatic hydroxyl groups excluding tert-OH is 1. The lowest BCUT2D eigenvalue weighted by Crippen LogP contribution is -2.41. The summed E-state index contributed by atoms with van der Waals surface area (Å²) in [5, 5.41) is 10.5. The van der Waals surface area contributed by atoms with Crippen LogP contribution in [0.1, 0.15) is 42.3 Å². The highest BCUT2D eigenvalue weighted by atomic mass is 16.3. The van der Waals surface area contributed by atoms with Crippen molar-refractivity contribution in [1.29, 1.82) is 0 Å². The van der Waals surface area contributed by atoms with E-state index < -0.39 is 0 Å². The Labute approximate surface area is 136 Å². The zero-order valence-corrected chi connectivity index (χ0v) is 13.4. The monoisotopic (exact) mass is 309 g/mol. The highest BCUT2D eigenvalue weighted by molar-refractivity contribution is 5.42. The molecule has 4 heteroatoms. The van der Waals surface area contributed by atoms with Crippen molar-refractivity contribution < 1.29 is 5.11 Å². The molecule has 23 heavy (non-hydrogen) atoms. The molecule has 2 aromatic rings. The van der Waals surface area contributed by atoms with Crippen molar-refractivity contribution in [3.8, 4) is 0 Å². The average Bonchev–Trinajstić information content (AvgIpc) is 3.27. The summed E-state index contributed by atoms with van der Waals surface area (Å²) < 4.78 is 2.32. The molecule has 4 nitrogen and oxygen atoms in total. The lowest BCUT2D eigenvalue weighted by molar-refractivity contribution is 0.143. The largest absolute Gasteiger partial charge is 0.388 e. The first-order valence-electron chi connectivity index (χ1n) is 8.77. The summed E-state index contributed by atoms with van der Waals surface area (Å²) in [6.07, 6.45) is 8.12. The van der Waals surface area contributed by atoms with E-state index in [9.17, 15) is 5.11 Å². The maximum atomic E-state index is 10.5. The van der Waals surface area contributed by atoms with Crippen LogP contribution in [0.25, 0.3) is 0 Å². The molecule has 3 aliphatic rings. The number of nitrogens with zero attached hydrogens (tertiary/aromatic N) is 3. The predicted octanol–water partition coefficient (Wildman–Crippen LogP) is 2.28. The van der Waals surface area contributed by atoms with E-state index in [4.69, 9.17) is 0 Å². The van der Waals surface area contributed by atoms with Gasteiger partial charge in [-0.2, -0.15) is 0 Å². The molecule has 1 aliphatic carbocycles. The van der Waals surface area contributed by atoms with Crippen LogP contribution in [0.15, 0.2) is 36.7 Å². The van der Waals surface area contributed by atoms with Gasteiger partial charge in [0.2, 0.25) is 0 Å². The van der Waals surface area contributed by atoms with E-state index in [1.165, 1.54) is 24.2 Å². The van der Waals surface area contributed by atoms with Gasteiger partial charge in [0.05, 0.1) is 6.10 Å². The number of fused-ring (bicyclic) bond motifs is 3. The third-order valence-electron chi connectivity index (χ3n) is 6.29. The van der Waals surface area contributed by atoms with Crippen LogP contribution in [0.3, 0.4) is 0 Å². The number of benzene rings is 1. The molecule has 3 heterocycles. The van der Waals surface area contributed by atoms with E-state index in [0.29, 0.717) is 6.04 Å². The Morgan fingerprint density at radius 2 is 2.17 bits per heavy atom. The Balaban J connectivity index is 1.40. The molecule has 1 N–H and O–H groups in total. The first-order chi connectivity index (χ1) is 11.3. The molecular weight excluding hydrogens is 286 g/mol. The Morgan fingerprint density at radius 3 is 3.13 bits per heavy atom. The molecule has 1 fully saturated rings. The van der Waals surface area contributed by atoms with Gasteiger partial charge in [0.1, 0.15) is 5.82 Å². The highest BCUT2D eigenvalue weighted by Gasteiger charge is 2.48. The average molecular weight is 309 g/mol. The van der Waals surface area contributed by atoms with Crippen LogP contribution in [0, 0.1) is 0 Å². The number of rotatable bonds is 1. The van der Waals surface area contributed by atoms with E-state index in [1.54, 1.807) is 0 Å². The third kappa shape index (κ3) is 2.01. The van der Waals surface area contributed by atoms with Crippen molar-refractivity contribution in [3.05, 3.63) is 53.6 Å². The highest BCUT2D eigenvalue weighted by Crippen LogP contribution is 2.50. The number of hydrogen-bond donors (Lipinski definition) is 1. The number of imidazole rings is 1. The fourth-order valence-corrected chi connectivity index (χ4v) is 5.11. The van der Waals surface area contributed by atoms with Crippen molar-refractivity contribution in [2.24, 2.45) is 0 Å². The number of aliphatic hydroxyl groups is 1. The Bertz CT molecular complexity index is 740. The maximum absolute atomic E-state index is 10.5. The van der Waals surface area contributed by atoms with Crippen molar-refractivity contribution >= 4 is 0 Å². The zero-order valence-electron chi connectivity index (χ0n) is 13.4. The van der Waals surface area contributed by atoms with Gasteiger partial charge in [0, 0.05) is 43.4 Å². The fourth-order valence-electron chi connectivity index (χ4n) is 5.11. The molecule has 3 unspecified atom stereocenters. The maximum Gasteiger partial charge on any atom is 0.108 e. The number of aryl methyl sites for hydroxylation is 1. The standard InChI is InChI=1S/C19H23N3O/c23-17-11-19(16-4-2-1-3-15(16)17)7-9-22(13-19)14-5-6-18-20-8-10-21(18)12-14/h1-4,8,10,14,17,23H,5-7,9,11-13H2. The minimum absolute atomic E-state index is 0.172. The van der Waals surface area contributed by atoms with Gasteiger partial charge >= 0.3 is 0 Å². The topological polar surface area (TPSA) is 41.3 Å². The van der Waals surface area contributed by atoms with Gasteiger partial charge < -0.3 is 9.67 Å². The molecule has 3 atom stereocenters. The van der Waals surface area contributed by atoms with Gasteiger partial charge in [-0.25, -0.2) is 4.98 Å². The minimum atomic E-state index is -0.280. The van der Waals surface area contributed by atoms with Gasteiger partial charge in [-0.3, -0.25) is 4.90 Å². The molecule has 120 valence electrons. The fraction of sp³-hybridized carbons (Fsp3) is 0.526. The number of likely N-dealkylation sites (tertiary alicyclic amines) is 1. The molecule has 0 amide bonds. The molecule has 0 radical (unpaired) electrons. The second kappa shape index (κ2) is 4.92. The van der Waals surface area contributed by atoms with E-state index in [-0.39, 0.29) is 11.5 Å². The van der Waals surface area contributed by atoms with Crippen LogP contribution < -0.4 is 0 Å². The quantitative estimate of drug-likeness (QED) is 0.879. The molecular formula is C19H23N3O.